The SMILES string of the molecule is CC[C@@H](c1ncccc1C)n1cnc2cccc(F)c2c1=O. The Morgan fingerprint density at radius 1 is 1.23 bits per heavy atom. The molecule has 0 aliphatic carbocycles. The Bertz CT molecular complexity index is 888. The zero-order chi connectivity index (χ0) is 15.7. The Morgan fingerprint density at radius 3 is 2.77 bits per heavy atom. The molecule has 0 radical (unpaired) electrons. The first-order valence-corrected chi connectivity index (χ1v) is 7.20. The number of aromatic nitrogens is 3. The molecule has 0 saturated carbocycles. The van der Waals surface area contributed by atoms with E-state index in [0.29, 0.717) is 11.9 Å². The smallest absolute Gasteiger partial charge is 0.264 e. The van der Waals surface area contributed by atoms with Crippen LogP contribution in [0.1, 0.15) is 30.6 Å². The summed E-state index contributed by atoms with van der Waals surface area (Å²) in [7, 11) is 0. The predicted molar refractivity (Wildman–Crippen MR) is 83.4 cm³/mol. The fraction of sp³-hybridized carbons (Fsp3) is 0.235. The summed E-state index contributed by atoms with van der Waals surface area (Å²) < 4.78 is 15.5. The summed E-state index contributed by atoms with van der Waals surface area (Å²) in [5.74, 6) is -0.544. The third kappa shape index (κ3) is 2.28. The number of halogens is 1. The third-order valence-corrected chi connectivity index (χ3v) is 3.85. The van der Waals surface area contributed by atoms with Gasteiger partial charge in [-0.3, -0.25) is 14.3 Å². The van der Waals surface area contributed by atoms with Crippen LogP contribution in [0, 0.1) is 12.7 Å². The summed E-state index contributed by atoms with van der Waals surface area (Å²) in [6.45, 7) is 3.92. The minimum atomic E-state index is -0.544. The van der Waals surface area contributed by atoms with Gasteiger partial charge in [-0.25, -0.2) is 9.37 Å². The highest BCUT2D eigenvalue weighted by atomic mass is 19.1. The van der Waals surface area contributed by atoms with Gasteiger partial charge in [0.25, 0.3) is 5.56 Å². The van der Waals surface area contributed by atoms with Gasteiger partial charge in [0, 0.05) is 6.20 Å². The molecule has 4 nitrogen and oxygen atoms in total. The molecule has 0 aliphatic heterocycles. The lowest BCUT2D eigenvalue weighted by Gasteiger charge is -2.19. The van der Waals surface area contributed by atoms with E-state index < -0.39 is 5.82 Å². The van der Waals surface area contributed by atoms with Crippen LogP contribution in [0.15, 0.2) is 47.7 Å². The minimum Gasteiger partial charge on any atom is -0.289 e. The number of pyridine rings is 1. The molecule has 0 unspecified atom stereocenters. The van der Waals surface area contributed by atoms with Crippen molar-refractivity contribution in [3.63, 3.8) is 0 Å². The Balaban J connectivity index is 2.25. The monoisotopic (exact) mass is 297 g/mol. The van der Waals surface area contributed by atoms with E-state index in [1.54, 1.807) is 18.3 Å². The molecule has 0 spiro atoms. The molecular weight excluding hydrogens is 281 g/mol. The lowest BCUT2D eigenvalue weighted by molar-refractivity contribution is 0.526. The number of benzene rings is 1. The maximum atomic E-state index is 14.0. The van der Waals surface area contributed by atoms with Crippen LogP contribution in [0.3, 0.4) is 0 Å². The van der Waals surface area contributed by atoms with Crippen molar-refractivity contribution in [3.8, 4) is 0 Å². The summed E-state index contributed by atoms with van der Waals surface area (Å²) in [6, 6.07) is 8.01. The zero-order valence-electron chi connectivity index (χ0n) is 12.5. The van der Waals surface area contributed by atoms with Crippen LogP contribution in [-0.2, 0) is 0 Å². The maximum Gasteiger partial charge on any atom is 0.264 e. The molecular formula is C17H16FN3O. The van der Waals surface area contributed by atoms with E-state index in [4.69, 9.17) is 0 Å². The molecule has 3 rings (SSSR count). The highest BCUT2D eigenvalue weighted by Crippen LogP contribution is 2.22. The van der Waals surface area contributed by atoms with Gasteiger partial charge >= 0.3 is 0 Å². The molecule has 22 heavy (non-hydrogen) atoms. The number of hydrogen-bond acceptors (Lipinski definition) is 3. The van der Waals surface area contributed by atoms with Gasteiger partial charge < -0.3 is 0 Å². The van der Waals surface area contributed by atoms with Crippen molar-refractivity contribution in [2.75, 3.05) is 0 Å². The molecule has 0 bridgehead atoms. The molecule has 2 aromatic heterocycles. The maximum absolute atomic E-state index is 14.0. The first kappa shape index (κ1) is 14.4. The van der Waals surface area contributed by atoms with Crippen molar-refractivity contribution < 1.29 is 4.39 Å². The third-order valence-electron chi connectivity index (χ3n) is 3.85. The van der Waals surface area contributed by atoms with Crippen LogP contribution in [0.25, 0.3) is 10.9 Å². The van der Waals surface area contributed by atoms with E-state index in [1.807, 2.05) is 26.0 Å². The summed E-state index contributed by atoms with van der Waals surface area (Å²) in [4.78, 5) is 21.3. The van der Waals surface area contributed by atoms with Crippen molar-refractivity contribution >= 4 is 10.9 Å². The molecule has 0 saturated heterocycles. The largest absolute Gasteiger partial charge is 0.289 e. The van der Waals surface area contributed by atoms with E-state index in [-0.39, 0.29) is 17.0 Å². The van der Waals surface area contributed by atoms with Gasteiger partial charge in [-0.15, -0.1) is 0 Å². The van der Waals surface area contributed by atoms with Gasteiger partial charge in [-0.05, 0) is 37.1 Å². The van der Waals surface area contributed by atoms with E-state index >= 15 is 0 Å². The summed E-state index contributed by atoms with van der Waals surface area (Å²) in [6.07, 6.45) is 3.84. The van der Waals surface area contributed by atoms with E-state index in [0.717, 1.165) is 11.3 Å². The topological polar surface area (TPSA) is 47.8 Å². The quantitative estimate of drug-likeness (QED) is 0.745. The Labute approximate surface area is 127 Å². The fourth-order valence-electron chi connectivity index (χ4n) is 2.73. The van der Waals surface area contributed by atoms with Gasteiger partial charge in [0.15, 0.2) is 0 Å². The standard InChI is InChI=1S/C17H16FN3O/c1-3-14(16-11(2)6-5-9-19-16)21-10-20-13-8-4-7-12(18)15(13)17(21)22/h4-10,14H,3H2,1-2H3/t14-/m0/s1. The number of aryl methyl sites for hydroxylation is 1. The van der Waals surface area contributed by atoms with Gasteiger partial charge in [0.05, 0.1) is 23.6 Å². The average molecular weight is 297 g/mol. The number of hydrogen-bond donors (Lipinski definition) is 0. The molecule has 3 aromatic rings. The number of rotatable bonds is 3. The lowest BCUT2D eigenvalue weighted by Crippen LogP contribution is -2.27. The van der Waals surface area contributed by atoms with Crippen LogP contribution >= 0.6 is 0 Å². The van der Waals surface area contributed by atoms with Crippen LogP contribution in [-0.4, -0.2) is 14.5 Å². The van der Waals surface area contributed by atoms with Gasteiger partial charge in [-0.2, -0.15) is 0 Å². The first-order valence-electron chi connectivity index (χ1n) is 7.20. The van der Waals surface area contributed by atoms with Crippen molar-refractivity contribution in [2.45, 2.75) is 26.3 Å². The van der Waals surface area contributed by atoms with Crippen molar-refractivity contribution in [1.82, 2.24) is 14.5 Å². The van der Waals surface area contributed by atoms with Crippen molar-refractivity contribution in [1.29, 1.82) is 0 Å². The molecule has 0 aliphatic rings. The van der Waals surface area contributed by atoms with E-state index in [2.05, 4.69) is 9.97 Å². The normalized spacial score (nSPS) is 12.5. The molecule has 112 valence electrons. The van der Waals surface area contributed by atoms with E-state index in [9.17, 15) is 9.18 Å². The summed E-state index contributed by atoms with van der Waals surface area (Å²) in [5.41, 5.74) is 1.80. The highest BCUT2D eigenvalue weighted by molar-refractivity contribution is 5.77. The molecule has 0 amide bonds. The Kier molecular flexibility index (Phi) is 3.71. The van der Waals surface area contributed by atoms with Crippen molar-refractivity contribution in [3.05, 3.63) is 70.3 Å². The second-order valence-corrected chi connectivity index (χ2v) is 5.22. The van der Waals surface area contributed by atoms with Crippen LogP contribution < -0.4 is 5.56 Å². The Morgan fingerprint density at radius 2 is 2.05 bits per heavy atom. The van der Waals surface area contributed by atoms with Crippen molar-refractivity contribution in [2.24, 2.45) is 0 Å². The lowest BCUT2D eigenvalue weighted by atomic mass is 10.1. The highest BCUT2D eigenvalue weighted by Gasteiger charge is 2.19. The zero-order valence-corrected chi connectivity index (χ0v) is 12.5. The van der Waals surface area contributed by atoms with Gasteiger partial charge in [0.1, 0.15) is 11.2 Å². The molecule has 0 N–H and O–H groups in total. The Hall–Kier alpha value is -2.56. The van der Waals surface area contributed by atoms with Crippen LogP contribution in [0.2, 0.25) is 0 Å². The summed E-state index contributed by atoms with van der Waals surface area (Å²) >= 11 is 0. The van der Waals surface area contributed by atoms with E-state index in [1.165, 1.54) is 17.0 Å². The number of fused-ring (bicyclic) bond motifs is 1. The molecule has 1 atom stereocenters. The molecule has 1 aromatic carbocycles. The van der Waals surface area contributed by atoms with Gasteiger partial charge in [0.2, 0.25) is 0 Å². The summed E-state index contributed by atoms with van der Waals surface area (Å²) in [5, 5.41) is 0.0250. The molecule has 0 fully saturated rings. The second-order valence-electron chi connectivity index (χ2n) is 5.22. The van der Waals surface area contributed by atoms with Crippen LogP contribution in [0.4, 0.5) is 4.39 Å². The second kappa shape index (κ2) is 5.67. The predicted octanol–water partition coefficient (Wildman–Crippen LogP) is 3.24. The molecule has 5 heteroatoms. The number of nitrogens with zero attached hydrogens (tertiary/aromatic N) is 3. The average Bonchev–Trinajstić information content (AvgIpc) is 2.52. The van der Waals surface area contributed by atoms with Crippen LogP contribution in [0.5, 0.6) is 0 Å². The molecule has 2 heterocycles. The van der Waals surface area contributed by atoms with Gasteiger partial charge in [-0.1, -0.05) is 19.1 Å². The first-order chi connectivity index (χ1) is 10.6. The fourth-order valence-corrected chi connectivity index (χ4v) is 2.73. The minimum absolute atomic E-state index is 0.0250.